The van der Waals surface area contributed by atoms with Crippen molar-refractivity contribution in [2.75, 3.05) is 5.32 Å². The summed E-state index contributed by atoms with van der Waals surface area (Å²) >= 11 is 0. The van der Waals surface area contributed by atoms with Crippen molar-refractivity contribution in [3.05, 3.63) is 53.5 Å². The molecule has 5 nitrogen and oxygen atoms in total. The normalized spacial score (nSPS) is 15.0. The quantitative estimate of drug-likeness (QED) is 0.910. The summed E-state index contributed by atoms with van der Waals surface area (Å²) in [5, 5.41) is 5.74. The fourth-order valence-corrected chi connectivity index (χ4v) is 2.43. The maximum Gasteiger partial charge on any atom is 0.287 e. The van der Waals surface area contributed by atoms with Gasteiger partial charge in [-0.2, -0.15) is 0 Å². The van der Waals surface area contributed by atoms with Crippen molar-refractivity contribution in [3.8, 4) is 0 Å². The molecule has 0 unspecified atom stereocenters. The second-order valence-corrected chi connectivity index (χ2v) is 5.14. The van der Waals surface area contributed by atoms with Crippen LogP contribution < -0.4 is 10.6 Å². The highest BCUT2D eigenvalue weighted by Crippen LogP contribution is 2.26. The summed E-state index contributed by atoms with van der Waals surface area (Å²) in [5.74, 6) is 0.111. The molecule has 0 saturated heterocycles. The Morgan fingerprint density at radius 3 is 2.95 bits per heavy atom. The molecule has 2 heterocycles. The number of rotatable bonds is 3. The van der Waals surface area contributed by atoms with Gasteiger partial charge in [-0.1, -0.05) is 12.1 Å². The largest absolute Gasteiger partial charge is 0.459 e. The molecular formula is C16H16N2O3. The van der Waals surface area contributed by atoms with Gasteiger partial charge in [0.05, 0.1) is 12.3 Å². The zero-order chi connectivity index (χ0) is 14.8. The van der Waals surface area contributed by atoms with Gasteiger partial charge in [-0.15, -0.1) is 0 Å². The number of nitrogens with one attached hydrogen (secondary N) is 2. The Bertz CT molecular complexity index is 677. The van der Waals surface area contributed by atoms with Gasteiger partial charge in [0.1, 0.15) is 0 Å². The van der Waals surface area contributed by atoms with E-state index >= 15 is 0 Å². The van der Waals surface area contributed by atoms with Crippen molar-refractivity contribution >= 4 is 17.5 Å². The minimum atomic E-state index is -0.237. The number of hydrogen-bond donors (Lipinski definition) is 2. The van der Waals surface area contributed by atoms with Crippen LogP contribution in [-0.2, 0) is 11.2 Å². The van der Waals surface area contributed by atoms with E-state index < -0.39 is 0 Å². The fraction of sp³-hybridized carbons (Fsp3) is 0.250. The minimum Gasteiger partial charge on any atom is -0.459 e. The first-order valence-corrected chi connectivity index (χ1v) is 6.90. The van der Waals surface area contributed by atoms with Crippen LogP contribution in [0.2, 0.25) is 0 Å². The van der Waals surface area contributed by atoms with Crippen LogP contribution in [-0.4, -0.2) is 11.8 Å². The van der Waals surface area contributed by atoms with Gasteiger partial charge in [-0.05, 0) is 42.7 Å². The Labute approximate surface area is 122 Å². The average Bonchev–Trinajstić information content (AvgIpc) is 3.01. The van der Waals surface area contributed by atoms with Gasteiger partial charge < -0.3 is 15.1 Å². The van der Waals surface area contributed by atoms with Crippen molar-refractivity contribution in [3.63, 3.8) is 0 Å². The molecule has 3 rings (SSSR count). The molecule has 1 atom stereocenters. The molecule has 2 N–H and O–H groups in total. The van der Waals surface area contributed by atoms with Crippen LogP contribution in [0.4, 0.5) is 5.69 Å². The molecule has 0 aliphatic carbocycles. The summed E-state index contributed by atoms with van der Waals surface area (Å²) in [7, 11) is 0. The van der Waals surface area contributed by atoms with E-state index in [4.69, 9.17) is 4.42 Å². The maximum absolute atomic E-state index is 12.0. The minimum absolute atomic E-state index is 0.0504. The monoisotopic (exact) mass is 284 g/mol. The third-order valence-corrected chi connectivity index (χ3v) is 3.62. The van der Waals surface area contributed by atoms with E-state index in [1.165, 1.54) is 6.26 Å². The zero-order valence-electron chi connectivity index (χ0n) is 11.7. The Hall–Kier alpha value is -2.56. The third kappa shape index (κ3) is 2.81. The molecule has 108 valence electrons. The van der Waals surface area contributed by atoms with Crippen LogP contribution in [0.3, 0.4) is 0 Å². The smallest absolute Gasteiger partial charge is 0.287 e. The third-order valence-electron chi connectivity index (χ3n) is 3.62. The Morgan fingerprint density at radius 2 is 2.19 bits per heavy atom. The van der Waals surface area contributed by atoms with Crippen molar-refractivity contribution in [2.45, 2.75) is 25.8 Å². The lowest BCUT2D eigenvalue weighted by molar-refractivity contribution is -0.116. The fourth-order valence-electron chi connectivity index (χ4n) is 2.43. The summed E-state index contributed by atoms with van der Waals surface area (Å²) in [6, 6.07) is 9.01. The highest BCUT2D eigenvalue weighted by atomic mass is 16.3. The Balaban J connectivity index is 1.74. The van der Waals surface area contributed by atoms with E-state index in [9.17, 15) is 9.59 Å². The average molecular weight is 284 g/mol. The summed E-state index contributed by atoms with van der Waals surface area (Å²) in [6.45, 7) is 1.92. The predicted octanol–water partition coefficient (Wildman–Crippen LogP) is 2.66. The molecule has 0 radical (unpaired) electrons. The number of hydrogen-bond acceptors (Lipinski definition) is 3. The molecule has 2 aromatic rings. The molecule has 1 aliphatic rings. The molecule has 2 amide bonds. The first-order valence-electron chi connectivity index (χ1n) is 6.90. The molecule has 0 saturated carbocycles. The second kappa shape index (κ2) is 5.44. The predicted molar refractivity (Wildman–Crippen MR) is 78.0 cm³/mol. The van der Waals surface area contributed by atoms with E-state index in [2.05, 4.69) is 10.6 Å². The van der Waals surface area contributed by atoms with Gasteiger partial charge in [0.25, 0.3) is 5.91 Å². The summed E-state index contributed by atoms with van der Waals surface area (Å²) in [5.41, 5.74) is 2.97. The molecule has 0 spiro atoms. The van der Waals surface area contributed by atoms with Crippen LogP contribution in [0.15, 0.2) is 41.0 Å². The van der Waals surface area contributed by atoms with E-state index in [1.807, 2.05) is 25.1 Å². The van der Waals surface area contributed by atoms with Crippen LogP contribution in [0.25, 0.3) is 0 Å². The number of carbonyl (C=O) groups is 2. The summed E-state index contributed by atoms with van der Waals surface area (Å²) < 4.78 is 5.07. The summed E-state index contributed by atoms with van der Waals surface area (Å²) in [6.07, 6.45) is 2.71. The van der Waals surface area contributed by atoms with Gasteiger partial charge in [-0.25, -0.2) is 0 Å². The maximum atomic E-state index is 12.0. The topological polar surface area (TPSA) is 71.3 Å². The lowest BCUT2D eigenvalue weighted by Crippen LogP contribution is -2.26. The number of fused-ring (bicyclic) bond motifs is 1. The van der Waals surface area contributed by atoms with E-state index in [0.717, 1.165) is 23.2 Å². The van der Waals surface area contributed by atoms with E-state index in [0.29, 0.717) is 12.2 Å². The zero-order valence-corrected chi connectivity index (χ0v) is 11.7. The highest BCUT2D eigenvalue weighted by Gasteiger charge is 2.18. The molecule has 0 fully saturated rings. The van der Waals surface area contributed by atoms with Gasteiger partial charge in [0.2, 0.25) is 5.91 Å². The molecule has 0 bridgehead atoms. The van der Waals surface area contributed by atoms with Crippen LogP contribution in [0.5, 0.6) is 0 Å². The number of anilines is 1. The summed E-state index contributed by atoms with van der Waals surface area (Å²) in [4.78, 5) is 23.3. The number of carbonyl (C=O) groups excluding carboxylic acids is 2. The Kier molecular flexibility index (Phi) is 3.48. The van der Waals surface area contributed by atoms with Crippen LogP contribution >= 0.6 is 0 Å². The number of aryl methyl sites for hydroxylation is 1. The molecular weight excluding hydrogens is 268 g/mol. The van der Waals surface area contributed by atoms with Gasteiger partial charge in [0.15, 0.2) is 5.76 Å². The number of benzene rings is 1. The second-order valence-electron chi connectivity index (χ2n) is 5.14. The number of furan rings is 1. The molecule has 1 aliphatic heterocycles. The van der Waals surface area contributed by atoms with Crippen molar-refractivity contribution in [1.29, 1.82) is 0 Å². The first-order chi connectivity index (χ1) is 10.1. The standard InChI is InChI=1S/C16H16N2O3/c1-10(17-16(20)14-3-2-8-21-14)11-4-6-13-12(9-11)5-7-15(19)18-13/h2-4,6,8-10H,5,7H2,1H3,(H,17,20)(H,18,19)/t10-/m1/s1. The van der Waals surface area contributed by atoms with Gasteiger partial charge in [-0.3, -0.25) is 9.59 Å². The first kappa shape index (κ1) is 13.4. The van der Waals surface area contributed by atoms with E-state index in [-0.39, 0.29) is 17.9 Å². The highest BCUT2D eigenvalue weighted by molar-refractivity contribution is 5.94. The van der Waals surface area contributed by atoms with Gasteiger partial charge >= 0.3 is 0 Å². The van der Waals surface area contributed by atoms with Crippen molar-refractivity contribution in [2.24, 2.45) is 0 Å². The van der Waals surface area contributed by atoms with E-state index in [1.54, 1.807) is 12.1 Å². The number of amides is 2. The molecule has 1 aromatic carbocycles. The van der Waals surface area contributed by atoms with Gasteiger partial charge in [0, 0.05) is 12.1 Å². The lowest BCUT2D eigenvalue weighted by Gasteiger charge is -2.20. The molecule has 21 heavy (non-hydrogen) atoms. The van der Waals surface area contributed by atoms with Crippen molar-refractivity contribution < 1.29 is 14.0 Å². The lowest BCUT2D eigenvalue weighted by atomic mass is 9.98. The molecule has 1 aromatic heterocycles. The SMILES string of the molecule is C[C@@H](NC(=O)c1ccco1)c1ccc2c(c1)CCC(=O)N2. The molecule has 5 heteroatoms. The van der Waals surface area contributed by atoms with Crippen molar-refractivity contribution in [1.82, 2.24) is 5.32 Å². The Morgan fingerprint density at radius 1 is 1.33 bits per heavy atom. The van der Waals surface area contributed by atoms with Crippen LogP contribution in [0.1, 0.15) is 41.1 Å². The van der Waals surface area contributed by atoms with Crippen LogP contribution in [0, 0.1) is 0 Å².